The summed E-state index contributed by atoms with van der Waals surface area (Å²) in [7, 11) is 0. The van der Waals surface area contributed by atoms with Gasteiger partial charge in [-0.3, -0.25) is 0 Å². The molecule has 0 fully saturated rings. The predicted octanol–water partition coefficient (Wildman–Crippen LogP) is 2.32. The zero-order valence-corrected chi connectivity index (χ0v) is 10.6. The Morgan fingerprint density at radius 3 is 3.12 bits per heavy atom. The molecule has 1 N–H and O–H groups in total. The number of nitrogens with one attached hydrogen (secondary N) is 1. The summed E-state index contributed by atoms with van der Waals surface area (Å²) in [6, 6.07) is 4.20. The van der Waals surface area contributed by atoms with E-state index in [0.29, 0.717) is 11.1 Å². The first kappa shape index (κ1) is 11.6. The second-order valence-corrected chi connectivity index (χ2v) is 5.27. The van der Waals surface area contributed by atoms with Gasteiger partial charge in [-0.05, 0) is 11.4 Å². The Hall–Kier alpha value is -0.850. The van der Waals surface area contributed by atoms with Gasteiger partial charge in [0, 0.05) is 30.6 Å². The highest BCUT2D eigenvalue weighted by Gasteiger charge is 2.01. The summed E-state index contributed by atoms with van der Waals surface area (Å²) in [6.45, 7) is 3.66. The number of nitrogens with zero attached hydrogens (tertiary/aromatic N) is 2. The topological polar surface area (TPSA) is 51.0 Å². The zero-order chi connectivity index (χ0) is 11.2. The molecule has 2 rings (SSSR count). The van der Waals surface area contributed by atoms with E-state index in [0.717, 1.165) is 18.8 Å². The fourth-order valence-electron chi connectivity index (χ4n) is 1.17. The van der Waals surface area contributed by atoms with Crippen LogP contribution < -0.4 is 5.32 Å². The number of thiophene rings is 1. The molecule has 0 aromatic carbocycles. The van der Waals surface area contributed by atoms with E-state index in [1.807, 2.05) is 0 Å². The van der Waals surface area contributed by atoms with Crippen LogP contribution in [0.4, 0.5) is 0 Å². The van der Waals surface area contributed by atoms with Gasteiger partial charge in [0.25, 0.3) is 5.22 Å². The lowest BCUT2D eigenvalue weighted by atomic mass is 10.4. The van der Waals surface area contributed by atoms with Gasteiger partial charge in [-0.15, -0.1) is 21.5 Å². The summed E-state index contributed by atoms with van der Waals surface area (Å²) in [5, 5.41) is 13.8. The van der Waals surface area contributed by atoms with Crippen molar-refractivity contribution < 1.29 is 4.42 Å². The van der Waals surface area contributed by atoms with Crippen LogP contribution in [-0.4, -0.2) is 22.5 Å². The molecule has 0 saturated carbocycles. The van der Waals surface area contributed by atoms with Crippen molar-refractivity contribution in [3.05, 3.63) is 28.3 Å². The molecule has 4 nitrogen and oxygen atoms in total. The lowest BCUT2D eigenvalue weighted by Crippen LogP contribution is -2.15. The average molecular weight is 255 g/mol. The third-order valence-electron chi connectivity index (χ3n) is 1.89. The van der Waals surface area contributed by atoms with Gasteiger partial charge in [0.15, 0.2) is 0 Å². The third-order valence-corrected chi connectivity index (χ3v) is 3.59. The van der Waals surface area contributed by atoms with Crippen molar-refractivity contribution in [3.63, 3.8) is 0 Å². The van der Waals surface area contributed by atoms with E-state index < -0.39 is 0 Å². The van der Waals surface area contributed by atoms with E-state index >= 15 is 0 Å². The van der Waals surface area contributed by atoms with Gasteiger partial charge in [0.05, 0.1) is 0 Å². The molecule has 0 amide bonds. The highest BCUT2D eigenvalue weighted by Crippen LogP contribution is 2.14. The maximum Gasteiger partial charge on any atom is 0.276 e. The smallest absolute Gasteiger partial charge is 0.276 e. The second-order valence-electron chi connectivity index (χ2n) is 3.19. The number of aromatic nitrogens is 2. The van der Waals surface area contributed by atoms with Gasteiger partial charge in [-0.2, -0.15) is 0 Å². The molecular formula is C10H13N3OS2. The van der Waals surface area contributed by atoms with E-state index in [9.17, 15) is 0 Å². The summed E-state index contributed by atoms with van der Waals surface area (Å²) >= 11 is 3.35. The van der Waals surface area contributed by atoms with Gasteiger partial charge in [-0.1, -0.05) is 17.8 Å². The molecule has 2 heterocycles. The monoisotopic (exact) mass is 255 g/mol. The summed E-state index contributed by atoms with van der Waals surface area (Å²) in [4.78, 5) is 1.36. The Balaban J connectivity index is 1.59. The molecule has 16 heavy (non-hydrogen) atoms. The zero-order valence-electron chi connectivity index (χ0n) is 8.97. The predicted molar refractivity (Wildman–Crippen MR) is 65.8 cm³/mol. The number of aryl methyl sites for hydroxylation is 1. The first-order valence-corrected chi connectivity index (χ1v) is 6.87. The van der Waals surface area contributed by atoms with Crippen LogP contribution in [0.1, 0.15) is 10.8 Å². The van der Waals surface area contributed by atoms with Crippen molar-refractivity contribution in [2.24, 2.45) is 0 Å². The van der Waals surface area contributed by atoms with E-state index in [1.54, 1.807) is 30.0 Å². The van der Waals surface area contributed by atoms with Crippen LogP contribution in [0.2, 0.25) is 0 Å². The van der Waals surface area contributed by atoms with Crippen molar-refractivity contribution in [2.75, 3.05) is 12.3 Å². The van der Waals surface area contributed by atoms with Gasteiger partial charge in [0.2, 0.25) is 5.89 Å². The average Bonchev–Trinajstić information content (AvgIpc) is 2.89. The Morgan fingerprint density at radius 2 is 2.44 bits per heavy atom. The molecule has 0 aliphatic rings. The molecule has 0 spiro atoms. The number of hydrogen-bond acceptors (Lipinski definition) is 6. The van der Waals surface area contributed by atoms with Crippen LogP contribution in [0.25, 0.3) is 0 Å². The van der Waals surface area contributed by atoms with Crippen LogP contribution in [0.15, 0.2) is 27.2 Å². The summed E-state index contributed by atoms with van der Waals surface area (Å²) < 4.78 is 5.25. The minimum Gasteiger partial charge on any atom is -0.416 e. The Morgan fingerprint density at radius 1 is 1.50 bits per heavy atom. The summed E-state index contributed by atoms with van der Waals surface area (Å²) in [5.74, 6) is 1.56. The lowest BCUT2D eigenvalue weighted by molar-refractivity contribution is 0.429. The molecule has 0 saturated heterocycles. The van der Waals surface area contributed by atoms with Crippen LogP contribution in [0.5, 0.6) is 0 Å². The minimum absolute atomic E-state index is 0.619. The minimum atomic E-state index is 0.619. The number of rotatable bonds is 6. The summed E-state index contributed by atoms with van der Waals surface area (Å²) in [6.07, 6.45) is 0. The Kier molecular flexibility index (Phi) is 4.38. The first-order valence-electron chi connectivity index (χ1n) is 5.00. The quantitative estimate of drug-likeness (QED) is 0.634. The van der Waals surface area contributed by atoms with E-state index in [4.69, 9.17) is 4.42 Å². The highest BCUT2D eigenvalue weighted by atomic mass is 32.2. The van der Waals surface area contributed by atoms with E-state index in [2.05, 4.69) is 33.0 Å². The Labute approximate surface area is 102 Å². The second kappa shape index (κ2) is 6.03. The van der Waals surface area contributed by atoms with Gasteiger partial charge in [0.1, 0.15) is 0 Å². The van der Waals surface area contributed by atoms with Gasteiger partial charge < -0.3 is 9.73 Å². The molecule has 86 valence electrons. The van der Waals surface area contributed by atoms with Crippen molar-refractivity contribution in [1.82, 2.24) is 15.5 Å². The Bertz CT molecular complexity index is 413. The maximum atomic E-state index is 5.25. The van der Waals surface area contributed by atoms with Crippen molar-refractivity contribution >= 4 is 23.1 Å². The van der Waals surface area contributed by atoms with Crippen molar-refractivity contribution in [2.45, 2.75) is 18.7 Å². The molecule has 0 atom stereocenters. The van der Waals surface area contributed by atoms with E-state index in [1.165, 1.54) is 4.88 Å². The van der Waals surface area contributed by atoms with E-state index in [-0.39, 0.29) is 0 Å². The highest BCUT2D eigenvalue weighted by molar-refractivity contribution is 7.99. The van der Waals surface area contributed by atoms with Crippen LogP contribution >= 0.6 is 23.1 Å². The maximum absolute atomic E-state index is 5.25. The molecule has 6 heteroatoms. The SMILES string of the molecule is Cc1nnc(SCCNCc2cccs2)o1. The first-order chi connectivity index (χ1) is 7.84. The molecule has 0 bridgehead atoms. The fourth-order valence-corrected chi connectivity index (χ4v) is 2.55. The normalized spacial score (nSPS) is 10.8. The number of hydrogen-bond donors (Lipinski definition) is 1. The molecule has 0 radical (unpaired) electrons. The van der Waals surface area contributed by atoms with Gasteiger partial charge in [-0.25, -0.2) is 0 Å². The fraction of sp³-hybridized carbons (Fsp3) is 0.400. The summed E-state index contributed by atoms with van der Waals surface area (Å²) in [5.41, 5.74) is 0. The molecule has 0 aliphatic carbocycles. The van der Waals surface area contributed by atoms with Crippen molar-refractivity contribution in [3.8, 4) is 0 Å². The molecule has 0 aliphatic heterocycles. The molecule has 0 unspecified atom stereocenters. The standard InChI is InChI=1S/C10H13N3OS2/c1-8-12-13-10(14-8)16-6-4-11-7-9-3-2-5-15-9/h2-3,5,11H,4,6-7H2,1H3. The van der Waals surface area contributed by atoms with Crippen LogP contribution in [-0.2, 0) is 6.54 Å². The number of thioether (sulfide) groups is 1. The lowest BCUT2D eigenvalue weighted by Gasteiger charge is -2.00. The largest absolute Gasteiger partial charge is 0.416 e. The molecule has 2 aromatic rings. The third kappa shape index (κ3) is 3.62. The van der Waals surface area contributed by atoms with Crippen LogP contribution in [0, 0.1) is 6.92 Å². The van der Waals surface area contributed by atoms with Crippen molar-refractivity contribution in [1.29, 1.82) is 0 Å². The molecular weight excluding hydrogens is 242 g/mol. The molecule has 2 aromatic heterocycles. The van der Waals surface area contributed by atoms with Gasteiger partial charge >= 0.3 is 0 Å². The van der Waals surface area contributed by atoms with Crippen LogP contribution in [0.3, 0.4) is 0 Å².